The van der Waals surface area contributed by atoms with Gasteiger partial charge in [0.2, 0.25) is 5.78 Å². The van der Waals surface area contributed by atoms with E-state index in [2.05, 4.69) is 0 Å². The van der Waals surface area contributed by atoms with Crippen LogP contribution in [0.1, 0.15) is 32.6 Å². The summed E-state index contributed by atoms with van der Waals surface area (Å²) in [5.41, 5.74) is 4.61. The highest BCUT2D eigenvalue weighted by molar-refractivity contribution is 6.15. The van der Waals surface area contributed by atoms with Crippen molar-refractivity contribution in [1.29, 1.82) is 0 Å². The zero-order chi connectivity index (χ0) is 20.2. The summed E-state index contributed by atoms with van der Waals surface area (Å²) < 4.78 is 11.8. The Balaban J connectivity index is 1.51. The van der Waals surface area contributed by atoms with E-state index in [-0.39, 0.29) is 5.78 Å². The van der Waals surface area contributed by atoms with Crippen molar-refractivity contribution in [2.24, 2.45) is 0 Å². The summed E-state index contributed by atoms with van der Waals surface area (Å²) in [5.74, 6) is 1.55. The third kappa shape index (κ3) is 3.99. The van der Waals surface area contributed by atoms with Crippen LogP contribution in [0.5, 0.6) is 11.5 Å². The van der Waals surface area contributed by atoms with Gasteiger partial charge in [0.15, 0.2) is 5.76 Å². The van der Waals surface area contributed by atoms with Crippen molar-refractivity contribution in [1.82, 2.24) is 0 Å². The van der Waals surface area contributed by atoms with E-state index in [1.807, 2.05) is 86.7 Å². The molecule has 3 aromatic rings. The van der Waals surface area contributed by atoms with Crippen molar-refractivity contribution in [3.8, 4) is 11.5 Å². The lowest BCUT2D eigenvalue weighted by molar-refractivity contribution is 0.101. The minimum absolute atomic E-state index is 0.0955. The van der Waals surface area contributed by atoms with Crippen LogP contribution in [0.3, 0.4) is 0 Å². The average Bonchev–Trinajstić information content (AvgIpc) is 3.06. The number of fused-ring (bicyclic) bond motifs is 1. The summed E-state index contributed by atoms with van der Waals surface area (Å²) >= 11 is 0. The van der Waals surface area contributed by atoms with E-state index in [1.165, 1.54) is 0 Å². The molecule has 144 valence electrons. The number of hydrogen-bond donors (Lipinski definition) is 0. The van der Waals surface area contributed by atoms with E-state index in [1.54, 1.807) is 12.1 Å². The van der Waals surface area contributed by atoms with Crippen molar-refractivity contribution < 1.29 is 14.3 Å². The smallest absolute Gasteiger partial charge is 0.231 e. The summed E-state index contributed by atoms with van der Waals surface area (Å²) in [5, 5.41) is 0. The first kappa shape index (κ1) is 18.8. The van der Waals surface area contributed by atoms with Crippen molar-refractivity contribution in [2.45, 2.75) is 13.8 Å². The molecule has 3 aromatic carbocycles. The Morgan fingerprint density at radius 2 is 1.69 bits per heavy atom. The topological polar surface area (TPSA) is 35.5 Å². The number of ketones is 1. The number of rotatable bonds is 5. The first-order valence-corrected chi connectivity index (χ1v) is 9.61. The maximum absolute atomic E-state index is 12.7. The first-order chi connectivity index (χ1) is 14.1. The number of benzene rings is 3. The SMILES string of the molecule is Cc1ccccc1/C=C1\Oc2c(ccc(OC/C=C/c3ccccc3)c2C)C1=O. The standard InChI is InChI=1S/C26H22O3/c1-18-9-6-7-13-21(18)17-24-25(27)22-14-15-23(19(2)26(22)29-24)28-16-8-12-20-10-4-3-5-11-20/h3-15,17H,16H2,1-2H3/b12-8+,24-17-. The van der Waals surface area contributed by atoms with E-state index < -0.39 is 0 Å². The lowest BCUT2D eigenvalue weighted by Gasteiger charge is -2.10. The van der Waals surface area contributed by atoms with Gasteiger partial charge >= 0.3 is 0 Å². The molecule has 1 heterocycles. The van der Waals surface area contributed by atoms with E-state index in [0.717, 1.165) is 22.3 Å². The van der Waals surface area contributed by atoms with Gasteiger partial charge in [-0.15, -0.1) is 0 Å². The van der Waals surface area contributed by atoms with Gasteiger partial charge in [-0.1, -0.05) is 60.7 Å². The third-order valence-electron chi connectivity index (χ3n) is 4.96. The number of Topliss-reactive ketones (excluding diaryl/α,β-unsaturated/α-hetero) is 1. The quantitative estimate of drug-likeness (QED) is 0.507. The molecule has 4 rings (SSSR count). The molecule has 29 heavy (non-hydrogen) atoms. The zero-order valence-electron chi connectivity index (χ0n) is 16.5. The second-order valence-corrected chi connectivity index (χ2v) is 6.99. The molecule has 3 heteroatoms. The Morgan fingerprint density at radius 1 is 0.931 bits per heavy atom. The van der Waals surface area contributed by atoms with Crippen LogP contribution in [0, 0.1) is 13.8 Å². The van der Waals surface area contributed by atoms with Gasteiger partial charge in [0.1, 0.15) is 18.1 Å². The van der Waals surface area contributed by atoms with Crippen LogP contribution in [0.25, 0.3) is 12.2 Å². The zero-order valence-corrected chi connectivity index (χ0v) is 16.5. The van der Waals surface area contributed by atoms with Crippen LogP contribution in [-0.2, 0) is 0 Å². The highest BCUT2D eigenvalue weighted by atomic mass is 16.5. The molecule has 0 aromatic heterocycles. The molecule has 0 unspecified atom stereocenters. The number of aryl methyl sites for hydroxylation is 1. The van der Waals surface area contributed by atoms with Gasteiger partial charge < -0.3 is 9.47 Å². The molecule has 1 aliphatic heterocycles. The molecule has 0 saturated carbocycles. The number of carbonyl (C=O) groups is 1. The largest absolute Gasteiger partial charge is 0.489 e. The van der Waals surface area contributed by atoms with Crippen LogP contribution in [-0.4, -0.2) is 12.4 Å². The Kier molecular flexibility index (Phi) is 5.30. The van der Waals surface area contributed by atoms with E-state index in [4.69, 9.17) is 9.47 Å². The lowest BCUT2D eigenvalue weighted by Crippen LogP contribution is -1.98. The average molecular weight is 382 g/mol. The van der Waals surface area contributed by atoms with Crippen LogP contribution in [0.2, 0.25) is 0 Å². The molecule has 0 atom stereocenters. The minimum atomic E-state index is -0.0955. The number of carbonyl (C=O) groups excluding carboxylic acids is 1. The highest BCUT2D eigenvalue weighted by Gasteiger charge is 2.30. The molecular formula is C26H22O3. The van der Waals surface area contributed by atoms with Crippen molar-refractivity contribution in [3.05, 3.63) is 106 Å². The number of ether oxygens (including phenoxy) is 2. The van der Waals surface area contributed by atoms with Crippen LogP contribution in [0.15, 0.2) is 78.6 Å². The van der Waals surface area contributed by atoms with Crippen molar-refractivity contribution in [2.75, 3.05) is 6.61 Å². The Labute approximate surface area is 170 Å². The molecule has 0 spiro atoms. The second-order valence-electron chi connectivity index (χ2n) is 6.99. The molecule has 1 aliphatic rings. The summed E-state index contributed by atoms with van der Waals surface area (Å²) in [6.45, 7) is 4.37. The van der Waals surface area contributed by atoms with E-state index in [0.29, 0.717) is 29.4 Å². The molecule has 3 nitrogen and oxygen atoms in total. The van der Waals surface area contributed by atoms with Gasteiger partial charge in [-0.3, -0.25) is 4.79 Å². The summed E-state index contributed by atoms with van der Waals surface area (Å²) in [4.78, 5) is 12.7. The minimum Gasteiger partial charge on any atom is -0.489 e. The normalized spacial score (nSPS) is 14.3. The maximum Gasteiger partial charge on any atom is 0.231 e. The van der Waals surface area contributed by atoms with Crippen LogP contribution < -0.4 is 9.47 Å². The predicted octanol–water partition coefficient (Wildman–Crippen LogP) is 6.01. The molecular weight excluding hydrogens is 360 g/mol. The highest BCUT2D eigenvalue weighted by Crippen LogP contribution is 2.39. The van der Waals surface area contributed by atoms with Crippen molar-refractivity contribution >= 4 is 17.9 Å². The maximum atomic E-state index is 12.7. The lowest BCUT2D eigenvalue weighted by atomic mass is 10.0. The Morgan fingerprint density at radius 3 is 2.48 bits per heavy atom. The van der Waals surface area contributed by atoms with Gasteiger partial charge in [-0.25, -0.2) is 0 Å². The van der Waals surface area contributed by atoms with Crippen LogP contribution in [0.4, 0.5) is 0 Å². The van der Waals surface area contributed by atoms with Crippen LogP contribution >= 0.6 is 0 Å². The molecule has 0 amide bonds. The van der Waals surface area contributed by atoms with Gasteiger partial charge in [-0.05, 0) is 54.8 Å². The third-order valence-corrected chi connectivity index (χ3v) is 4.96. The Hall–Kier alpha value is -3.59. The van der Waals surface area contributed by atoms with E-state index >= 15 is 0 Å². The van der Waals surface area contributed by atoms with Gasteiger partial charge in [0, 0.05) is 5.56 Å². The predicted molar refractivity (Wildman–Crippen MR) is 116 cm³/mol. The second kappa shape index (κ2) is 8.19. The molecule has 0 fully saturated rings. The first-order valence-electron chi connectivity index (χ1n) is 9.61. The van der Waals surface area contributed by atoms with Gasteiger partial charge in [-0.2, -0.15) is 0 Å². The molecule has 0 radical (unpaired) electrons. The molecule has 0 saturated heterocycles. The number of allylic oxidation sites excluding steroid dienone is 1. The van der Waals surface area contributed by atoms with Crippen molar-refractivity contribution in [3.63, 3.8) is 0 Å². The molecule has 0 aliphatic carbocycles. The fraction of sp³-hybridized carbons (Fsp3) is 0.115. The number of hydrogen-bond acceptors (Lipinski definition) is 3. The van der Waals surface area contributed by atoms with E-state index in [9.17, 15) is 4.79 Å². The summed E-state index contributed by atoms with van der Waals surface area (Å²) in [6, 6.07) is 21.6. The summed E-state index contributed by atoms with van der Waals surface area (Å²) in [7, 11) is 0. The summed E-state index contributed by atoms with van der Waals surface area (Å²) in [6.07, 6.45) is 5.80. The molecule has 0 bridgehead atoms. The Bertz CT molecular complexity index is 1110. The fourth-order valence-electron chi connectivity index (χ4n) is 3.30. The van der Waals surface area contributed by atoms with Gasteiger partial charge in [0.05, 0.1) is 5.56 Å². The molecule has 0 N–H and O–H groups in total. The van der Waals surface area contributed by atoms with Gasteiger partial charge in [0.25, 0.3) is 0 Å². The fourth-order valence-corrected chi connectivity index (χ4v) is 3.30. The monoisotopic (exact) mass is 382 g/mol.